The Morgan fingerprint density at radius 2 is 1.76 bits per heavy atom. The number of benzene rings is 1. The summed E-state index contributed by atoms with van der Waals surface area (Å²) in [4.78, 5) is 8.39. The summed E-state index contributed by atoms with van der Waals surface area (Å²) in [5, 5.41) is 6.10. The molecule has 1 aromatic heterocycles. The van der Waals surface area contributed by atoms with Gasteiger partial charge in [0.05, 0.1) is 19.5 Å². The third kappa shape index (κ3) is 2.84. The van der Waals surface area contributed by atoms with E-state index >= 15 is 0 Å². The first kappa shape index (κ1) is 11.2. The van der Waals surface area contributed by atoms with Gasteiger partial charge in [0, 0.05) is 12.7 Å². The Morgan fingerprint density at radius 1 is 1.06 bits per heavy atom. The number of aromatic nitrogens is 2. The van der Waals surface area contributed by atoms with Crippen molar-refractivity contribution in [3.8, 4) is 5.75 Å². The highest BCUT2D eigenvalue weighted by molar-refractivity contribution is 5.57. The number of methoxy groups -OCH3 is 1. The van der Waals surface area contributed by atoms with Gasteiger partial charge in [-0.15, -0.1) is 0 Å². The Morgan fingerprint density at radius 3 is 2.41 bits per heavy atom. The lowest BCUT2D eigenvalue weighted by Crippen LogP contribution is -1.98. The molecule has 0 aliphatic carbocycles. The minimum absolute atomic E-state index is 0.696. The van der Waals surface area contributed by atoms with Gasteiger partial charge in [0.1, 0.15) is 11.6 Å². The highest BCUT2D eigenvalue weighted by Crippen LogP contribution is 2.18. The van der Waals surface area contributed by atoms with Crippen LogP contribution in [0.3, 0.4) is 0 Å². The van der Waals surface area contributed by atoms with Crippen LogP contribution in [0.1, 0.15) is 0 Å². The van der Waals surface area contributed by atoms with Crippen molar-refractivity contribution in [2.45, 2.75) is 0 Å². The Balaban J connectivity index is 2.13. The molecule has 0 saturated carbocycles. The number of nitrogens with zero attached hydrogens (tertiary/aromatic N) is 2. The molecule has 5 heteroatoms. The monoisotopic (exact) mass is 230 g/mol. The molecule has 1 aromatic carbocycles. The fourth-order valence-electron chi connectivity index (χ4n) is 1.37. The number of ether oxygens (including phenoxy) is 1. The molecule has 2 rings (SSSR count). The summed E-state index contributed by atoms with van der Waals surface area (Å²) in [6, 6.07) is 7.62. The molecule has 0 saturated heterocycles. The maximum absolute atomic E-state index is 5.09. The zero-order valence-electron chi connectivity index (χ0n) is 9.77. The van der Waals surface area contributed by atoms with E-state index in [0.29, 0.717) is 5.82 Å². The lowest BCUT2D eigenvalue weighted by molar-refractivity contribution is 0.415. The normalized spacial score (nSPS) is 9.76. The average Bonchev–Trinajstić information content (AvgIpc) is 2.40. The molecular weight excluding hydrogens is 216 g/mol. The molecule has 0 bridgehead atoms. The number of anilines is 3. The van der Waals surface area contributed by atoms with Crippen LogP contribution in [-0.4, -0.2) is 24.1 Å². The molecule has 0 aliphatic rings. The molecule has 0 unspecified atom stereocenters. The Bertz CT molecular complexity index is 484. The van der Waals surface area contributed by atoms with Gasteiger partial charge >= 0.3 is 0 Å². The number of hydrogen-bond acceptors (Lipinski definition) is 5. The largest absolute Gasteiger partial charge is 0.497 e. The summed E-state index contributed by atoms with van der Waals surface area (Å²) in [6.07, 6.45) is 3.34. The Labute approximate surface area is 99.9 Å². The Hall–Kier alpha value is -2.30. The maximum Gasteiger partial charge on any atom is 0.151 e. The summed E-state index contributed by atoms with van der Waals surface area (Å²) < 4.78 is 5.09. The summed E-state index contributed by atoms with van der Waals surface area (Å²) >= 11 is 0. The highest BCUT2D eigenvalue weighted by Gasteiger charge is 1.98. The average molecular weight is 230 g/mol. The summed E-state index contributed by atoms with van der Waals surface area (Å²) in [5.74, 6) is 2.25. The molecule has 0 fully saturated rings. The summed E-state index contributed by atoms with van der Waals surface area (Å²) in [7, 11) is 3.45. The van der Waals surface area contributed by atoms with Crippen molar-refractivity contribution in [2.75, 3.05) is 24.8 Å². The van der Waals surface area contributed by atoms with Crippen LogP contribution in [-0.2, 0) is 0 Å². The Kier molecular flexibility index (Phi) is 3.40. The van der Waals surface area contributed by atoms with Crippen LogP contribution in [0.4, 0.5) is 17.3 Å². The van der Waals surface area contributed by atoms with E-state index in [-0.39, 0.29) is 0 Å². The SMILES string of the molecule is CNc1cncc(Nc2ccc(OC)cc2)n1. The lowest BCUT2D eigenvalue weighted by Gasteiger charge is -2.07. The van der Waals surface area contributed by atoms with Crippen molar-refractivity contribution in [3.05, 3.63) is 36.7 Å². The quantitative estimate of drug-likeness (QED) is 0.843. The van der Waals surface area contributed by atoms with Crippen molar-refractivity contribution < 1.29 is 4.74 Å². The van der Waals surface area contributed by atoms with E-state index in [4.69, 9.17) is 4.74 Å². The number of rotatable bonds is 4. The molecule has 0 atom stereocenters. The van der Waals surface area contributed by atoms with Gasteiger partial charge in [0.15, 0.2) is 5.82 Å². The van der Waals surface area contributed by atoms with Gasteiger partial charge in [-0.05, 0) is 24.3 Å². The predicted octanol–water partition coefficient (Wildman–Crippen LogP) is 2.27. The third-order valence-electron chi connectivity index (χ3n) is 2.25. The molecule has 17 heavy (non-hydrogen) atoms. The summed E-state index contributed by atoms with van der Waals surface area (Å²) in [5.41, 5.74) is 0.938. The van der Waals surface area contributed by atoms with E-state index in [1.165, 1.54) is 0 Å². The second-order valence-electron chi connectivity index (χ2n) is 3.39. The molecule has 5 nitrogen and oxygen atoms in total. The van der Waals surface area contributed by atoms with E-state index in [1.807, 2.05) is 24.3 Å². The molecular formula is C12H14N4O. The minimum Gasteiger partial charge on any atom is -0.497 e. The van der Waals surface area contributed by atoms with Gasteiger partial charge in [0.2, 0.25) is 0 Å². The first-order valence-electron chi connectivity index (χ1n) is 5.22. The van der Waals surface area contributed by atoms with Crippen LogP contribution in [0.2, 0.25) is 0 Å². The van der Waals surface area contributed by atoms with Gasteiger partial charge in [0.25, 0.3) is 0 Å². The smallest absolute Gasteiger partial charge is 0.151 e. The van der Waals surface area contributed by atoms with Gasteiger partial charge in [-0.25, -0.2) is 4.98 Å². The topological polar surface area (TPSA) is 59.1 Å². The van der Waals surface area contributed by atoms with Crippen molar-refractivity contribution in [3.63, 3.8) is 0 Å². The fraction of sp³-hybridized carbons (Fsp3) is 0.167. The molecule has 0 radical (unpaired) electrons. The van der Waals surface area contributed by atoms with Crippen LogP contribution in [0.25, 0.3) is 0 Å². The first-order chi connectivity index (χ1) is 8.31. The van der Waals surface area contributed by atoms with Gasteiger partial charge in [-0.1, -0.05) is 0 Å². The van der Waals surface area contributed by atoms with Crippen LogP contribution in [0, 0.1) is 0 Å². The number of hydrogen-bond donors (Lipinski definition) is 2. The molecule has 2 N–H and O–H groups in total. The molecule has 2 aromatic rings. The fourth-order valence-corrected chi connectivity index (χ4v) is 1.37. The zero-order valence-corrected chi connectivity index (χ0v) is 9.77. The van der Waals surface area contributed by atoms with Gasteiger partial charge in [-0.3, -0.25) is 4.98 Å². The van der Waals surface area contributed by atoms with Gasteiger partial charge < -0.3 is 15.4 Å². The highest BCUT2D eigenvalue weighted by atomic mass is 16.5. The molecule has 0 aliphatic heterocycles. The van der Waals surface area contributed by atoms with Crippen molar-refractivity contribution in [2.24, 2.45) is 0 Å². The summed E-state index contributed by atoms with van der Waals surface area (Å²) in [6.45, 7) is 0. The molecule has 0 amide bonds. The van der Waals surface area contributed by atoms with Crippen molar-refractivity contribution in [1.82, 2.24) is 9.97 Å². The van der Waals surface area contributed by atoms with Crippen LogP contribution in [0.5, 0.6) is 5.75 Å². The second kappa shape index (κ2) is 5.16. The van der Waals surface area contributed by atoms with Crippen LogP contribution < -0.4 is 15.4 Å². The lowest BCUT2D eigenvalue weighted by atomic mass is 10.3. The first-order valence-corrected chi connectivity index (χ1v) is 5.22. The zero-order chi connectivity index (χ0) is 12.1. The molecule has 1 heterocycles. The number of nitrogens with one attached hydrogen (secondary N) is 2. The van der Waals surface area contributed by atoms with E-state index < -0.39 is 0 Å². The standard InChI is InChI=1S/C12H14N4O/c1-13-11-7-14-8-12(16-11)15-9-3-5-10(17-2)6-4-9/h3-8H,1-2H3,(H2,13,15,16). The van der Waals surface area contributed by atoms with Crippen molar-refractivity contribution in [1.29, 1.82) is 0 Å². The molecule has 0 spiro atoms. The molecule has 88 valence electrons. The second-order valence-corrected chi connectivity index (χ2v) is 3.39. The third-order valence-corrected chi connectivity index (χ3v) is 2.25. The van der Waals surface area contributed by atoms with E-state index in [0.717, 1.165) is 17.3 Å². The van der Waals surface area contributed by atoms with Crippen LogP contribution >= 0.6 is 0 Å². The van der Waals surface area contributed by atoms with E-state index in [2.05, 4.69) is 20.6 Å². The van der Waals surface area contributed by atoms with E-state index in [1.54, 1.807) is 26.6 Å². The van der Waals surface area contributed by atoms with E-state index in [9.17, 15) is 0 Å². The van der Waals surface area contributed by atoms with Crippen LogP contribution in [0.15, 0.2) is 36.7 Å². The predicted molar refractivity (Wildman–Crippen MR) is 67.9 cm³/mol. The maximum atomic E-state index is 5.09. The minimum atomic E-state index is 0.696. The van der Waals surface area contributed by atoms with Gasteiger partial charge in [-0.2, -0.15) is 0 Å². The van der Waals surface area contributed by atoms with Crippen molar-refractivity contribution >= 4 is 17.3 Å².